The summed E-state index contributed by atoms with van der Waals surface area (Å²) in [5.41, 5.74) is 2.05. The summed E-state index contributed by atoms with van der Waals surface area (Å²) in [5, 5.41) is 2.60. The van der Waals surface area contributed by atoms with Crippen LogP contribution in [0, 0.1) is 0 Å². The number of rotatable bonds is 2. The molecule has 4 rings (SSSR count). The minimum absolute atomic E-state index is 0.218. The van der Waals surface area contributed by atoms with E-state index in [4.69, 9.17) is 4.42 Å². The monoisotopic (exact) mass is 367 g/mol. The van der Waals surface area contributed by atoms with Crippen LogP contribution in [0.1, 0.15) is 10.6 Å². The molecule has 3 aromatic rings. The van der Waals surface area contributed by atoms with Gasteiger partial charge in [0.1, 0.15) is 0 Å². The third-order valence-corrected chi connectivity index (χ3v) is 4.46. The zero-order chi connectivity index (χ0) is 18.8. The van der Waals surface area contributed by atoms with Gasteiger partial charge in [0, 0.05) is 31.9 Å². The first kappa shape index (κ1) is 16.8. The van der Waals surface area contributed by atoms with Crippen LogP contribution in [0.5, 0.6) is 0 Å². The van der Waals surface area contributed by atoms with E-state index in [1.54, 1.807) is 41.6 Å². The summed E-state index contributed by atoms with van der Waals surface area (Å²) < 4.78 is 5.11. The topological polar surface area (TPSA) is 112 Å². The molecule has 1 aromatic carbocycles. The summed E-state index contributed by atoms with van der Waals surface area (Å²) in [6.07, 6.45) is 3.00. The number of aromatic amines is 1. The number of fused-ring (bicyclic) bond motifs is 1. The average Bonchev–Trinajstić information content (AvgIpc) is 3.38. The summed E-state index contributed by atoms with van der Waals surface area (Å²) in [4.78, 5) is 47.0. The first-order valence-electron chi connectivity index (χ1n) is 8.48. The molecule has 9 nitrogen and oxygen atoms in total. The highest BCUT2D eigenvalue weighted by molar-refractivity contribution is 6.39. The third kappa shape index (κ3) is 3.39. The second kappa shape index (κ2) is 6.94. The van der Waals surface area contributed by atoms with Crippen molar-refractivity contribution < 1.29 is 18.8 Å². The molecule has 1 fully saturated rings. The Morgan fingerprint density at radius 2 is 1.85 bits per heavy atom. The predicted molar refractivity (Wildman–Crippen MR) is 95.9 cm³/mol. The minimum Gasteiger partial charge on any atom is -0.459 e. The van der Waals surface area contributed by atoms with Crippen LogP contribution in [0.4, 0.5) is 5.69 Å². The summed E-state index contributed by atoms with van der Waals surface area (Å²) in [5.74, 6) is -1.28. The molecule has 3 amide bonds. The number of nitrogens with zero attached hydrogens (tertiary/aromatic N) is 3. The molecule has 138 valence electrons. The molecular weight excluding hydrogens is 350 g/mol. The molecule has 2 N–H and O–H groups in total. The number of furan rings is 1. The average molecular weight is 367 g/mol. The van der Waals surface area contributed by atoms with Gasteiger partial charge in [-0.2, -0.15) is 0 Å². The van der Waals surface area contributed by atoms with Gasteiger partial charge in [0.25, 0.3) is 5.91 Å². The van der Waals surface area contributed by atoms with Crippen molar-refractivity contribution in [2.24, 2.45) is 0 Å². The zero-order valence-electron chi connectivity index (χ0n) is 14.3. The highest BCUT2D eigenvalue weighted by Gasteiger charge is 2.29. The highest BCUT2D eigenvalue weighted by atomic mass is 16.3. The Morgan fingerprint density at radius 1 is 1.07 bits per heavy atom. The predicted octanol–water partition coefficient (Wildman–Crippen LogP) is 1.08. The summed E-state index contributed by atoms with van der Waals surface area (Å²) in [6, 6.07) is 8.41. The largest absolute Gasteiger partial charge is 0.459 e. The van der Waals surface area contributed by atoms with E-state index in [1.165, 1.54) is 11.2 Å². The Morgan fingerprint density at radius 3 is 2.59 bits per heavy atom. The highest BCUT2D eigenvalue weighted by Crippen LogP contribution is 2.16. The number of hydrogen-bond acceptors (Lipinski definition) is 5. The maximum absolute atomic E-state index is 12.4. The van der Waals surface area contributed by atoms with E-state index in [9.17, 15) is 14.4 Å². The molecule has 27 heavy (non-hydrogen) atoms. The van der Waals surface area contributed by atoms with E-state index < -0.39 is 11.8 Å². The number of carbonyl (C=O) groups is 3. The molecular formula is C18H17N5O4. The maximum atomic E-state index is 12.4. The molecule has 0 unspecified atom stereocenters. The van der Waals surface area contributed by atoms with Gasteiger partial charge in [0.2, 0.25) is 0 Å². The van der Waals surface area contributed by atoms with E-state index >= 15 is 0 Å². The number of imidazole rings is 1. The van der Waals surface area contributed by atoms with Crippen molar-refractivity contribution in [3.63, 3.8) is 0 Å². The van der Waals surface area contributed by atoms with Gasteiger partial charge in [0.15, 0.2) is 5.76 Å². The zero-order valence-corrected chi connectivity index (χ0v) is 14.3. The van der Waals surface area contributed by atoms with Crippen molar-refractivity contribution in [2.45, 2.75) is 0 Å². The Kier molecular flexibility index (Phi) is 4.33. The Labute approximate surface area is 153 Å². The standard InChI is InChI=1S/C18H17N5O4/c24-16(21-12-3-4-13-14(10-12)20-11-19-13)18(26)23-7-5-22(6-8-23)17(25)15-2-1-9-27-15/h1-4,9-11H,5-8H2,(H,19,20)(H,21,24). The number of aromatic nitrogens is 2. The normalized spacial score (nSPS) is 14.4. The fourth-order valence-corrected chi connectivity index (χ4v) is 3.01. The van der Waals surface area contributed by atoms with Crippen LogP contribution in [0.15, 0.2) is 47.3 Å². The lowest BCUT2D eigenvalue weighted by Crippen LogP contribution is -2.52. The molecule has 1 saturated heterocycles. The Balaban J connectivity index is 1.34. The minimum atomic E-state index is -0.709. The van der Waals surface area contributed by atoms with Crippen LogP contribution in [0.25, 0.3) is 11.0 Å². The molecule has 3 heterocycles. The number of nitrogens with one attached hydrogen (secondary N) is 2. The molecule has 1 aliphatic rings. The van der Waals surface area contributed by atoms with Crippen molar-refractivity contribution in [1.29, 1.82) is 0 Å². The molecule has 0 atom stereocenters. The Bertz CT molecular complexity index is 986. The molecule has 0 bridgehead atoms. The molecule has 1 aliphatic heterocycles. The number of amides is 3. The lowest BCUT2D eigenvalue weighted by Gasteiger charge is -2.33. The molecule has 9 heteroatoms. The summed E-state index contributed by atoms with van der Waals surface area (Å²) in [6.45, 7) is 1.27. The van der Waals surface area contributed by atoms with Crippen LogP contribution >= 0.6 is 0 Å². The van der Waals surface area contributed by atoms with Gasteiger partial charge < -0.3 is 24.5 Å². The van der Waals surface area contributed by atoms with Crippen molar-refractivity contribution in [3.05, 3.63) is 48.7 Å². The van der Waals surface area contributed by atoms with Gasteiger partial charge in [-0.25, -0.2) is 4.98 Å². The second-order valence-electron chi connectivity index (χ2n) is 6.15. The van der Waals surface area contributed by atoms with Gasteiger partial charge in [-0.1, -0.05) is 0 Å². The number of anilines is 1. The van der Waals surface area contributed by atoms with Crippen molar-refractivity contribution in [3.8, 4) is 0 Å². The number of carbonyl (C=O) groups excluding carboxylic acids is 3. The second-order valence-corrected chi connectivity index (χ2v) is 6.15. The smallest absolute Gasteiger partial charge is 0.313 e. The third-order valence-electron chi connectivity index (χ3n) is 4.46. The SMILES string of the molecule is O=C(Nc1ccc2nc[nH]c2c1)C(=O)N1CCN(C(=O)c2ccco2)CC1. The molecule has 0 radical (unpaired) electrons. The van der Waals surface area contributed by atoms with E-state index in [2.05, 4.69) is 15.3 Å². The summed E-state index contributed by atoms with van der Waals surface area (Å²) in [7, 11) is 0. The van der Waals surface area contributed by atoms with Gasteiger partial charge in [-0.05, 0) is 30.3 Å². The van der Waals surface area contributed by atoms with Crippen molar-refractivity contribution >= 4 is 34.4 Å². The number of hydrogen-bond donors (Lipinski definition) is 2. The lowest BCUT2D eigenvalue weighted by molar-refractivity contribution is -0.144. The van der Waals surface area contributed by atoms with Crippen molar-refractivity contribution in [2.75, 3.05) is 31.5 Å². The first-order chi connectivity index (χ1) is 13.1. The number of piperazine rings is 1. The number of H-pyrrole nitrogens is 1. The number of benzene rings is 1. The molecule has 0 aliphatic carbocycles. The van der Waals surface area contributed by atoms with Gasteiger partial charge in [0.05, 0.1) is 23.6 Å². The Hall–Kier alpha value is -3.62. The first-order valence-corrected chi connectivity index (χ1v) is 8.48. The van der Waals surface area contributed by atoms with E-state index in [0.29, 0.717) is 18.8 Å². The lowest BCUT2D eigenvalue weighted by atomic mass is 10.2. The van der Waals surface area contributed by atoms with E-state index in [1.807, 2.05) is 0 Å². The quantitative estimate of drug-likeness (QED) is 0.659. The van der Waals surface area contributed by atoms with Gasteiger partial charge in [-0.3, -0.25) is 14.4 Å². The van der Waals surface area contributed by atoms with Crippen LogP contribution in [-0.4, -0.2) is 63.7 Å². The van der Waals surface area contributed by atoms with E-state index in [-0.39, 0.29) is 24.8 Å². The van der Waals surface area contributed by atoms with Crippen LogP contribution in [-0.2, 0) is 9.59 Å². The summed E-state index contributed by atoms with van der Waals surface area (Å²) >= 11 is 0. The van der Waals surface area contributed by atoms with Crippen molar-refractivity contribution in [1.82, 2.24) is 19.8 Å². The van der Waals surface area contributed by atoms with Gasteiger partial charge in [-0.15, -0.1) is 0 Å². The fourth-order valence-electron chi connectivity index (χ4n) is 3.01. The van der Waals surface area contributed by atoms with Gasteiger partial charge >= 0.3 is 11.8 Å². The molecule has 2 aromatic heterocycles. The van der Waals surface area contributed by atoms with Crippen LogP contribution < -0.4 is 5.32 Å². The molecule has 0 saturated carbocycles. The van der Waals surface area contributed by atoms with E-state index in [0.717, 1.165) is 11.0 Å². The fraction of sp³-hybridized carbons (Fsp3) is 0.222. The maximum Gasteiger partial charge on any atom is 0.313 e. The molecule has 0 spiro atoms. The van der Waals surface area contributed by atoms with Crippen LogP contribution in [0.3, 0.4) is 0 Å². The van der Waals surface area contributed by atoms with Crippen LogP contribution in [0.2, 0.25) is 0 Å².